The molecule has 0 unspecified atom stereocenters. The Morgan fingerprint density at radius 1 is 1.17 bits per heavy atom. The van der Waals surface area contributed by atoms with Gasteiger partial charge in [-0.05, 0) is 31.5 Å². The van der Waals surface area contributed by atoms with E-state index in [1.165, 1.54) is 25.3 Å². The van der Waals surface area contributed by atoms with E-state index < -0.39 is 29.3 Å². The summed E-state index contributed by atoms with van der Waals surface area (Å²) >= 11 is 1.11. The van der Waals surface area contributed by atoms with Gasteiger partial charge in [-0.2, -0.15) is 0 Å². The van der Waals surface area contributed by atoms with E-state index in [0.29, 0.717) is 21.3 Å². The first-order valence-electron chi connectivity index (χ1n) is 8.38. The number of thiophene rings is 1. The van der Waals surface area contributed by atoms with E-state index in [1.807, 2.05) is 0 Å². The van der Waals surface area contributed by atoms with Gasteiger partial charge in [-0.1, -0.05) is 0 Å². The largest absolute Gasteiger partial charge is 0.465 e. The Bertz CT molecular complexity index is 1160. The fourth-order valence-corrected chi connectivity index (χ4v) is 3.89. The Morgan fingerprint density at radius 2 is 1.90 bits per heavy atom. The number of ether oxygens (including phenoxy) is 2. The molecule has 3 rings (SSSR count). The third kappa shape index (κ3) is 3.87. The molecule has 10 heteroatoms. The molecular weight excluding hydrogens is 400 g/mol. The molecule has 0 fully saturated rings. The van der Waals surface area contributed by atoms with Crippen LogP contribution < -0.4 is 0 Å². The number of fused-ring (bicyclic) bond motifs is 1. The summed E-state index contributed by atoms with van der Waals surface area (Å²) in [6, 6.07) is 5.76. The number of Topliss-reactive ketones (excluding diaryl/α,β-unsaturated/α-hetero) is 1. The minimum Gasteiger partial charge on any atom is -0.465 e. The number of nitrogens with zero attached hydrogens (tertiary/aromatic N) is 1. The normalized spacial score (nSPS) is 10.7. The van der Waals surface area contributed by atoms with E-state index >= 15 is 0 Å². The highest BCUT2D eigenvalue weighted by Crippen LogP contribution is 2.29. The average Bonchev–Trinajstić information content (AvgIpc) is 3.25. The maximum absolute atomic E-state index is 12.4. The molecule has 0 amide bonds. The molecular formula is C19H16N2O7S. The van der Waals surface area contributed by atoms with Crippen LogP contribution in [0.15, 0.2) is 24.3 Å². The second-order valence-electron chi connectivity index (χ2n) is 6.21. The molecule has 2 aromatic heterocycles. The van der Waals surface area contributed by atoms with Crippen molar-refractivity contribution in [2.24, 2.45) is 0 Å². The van der Waals surface area contributed by atoms with Gasteiger partial charge in [0.1, 0.15) is 4.88 Å². The number of aromatic amines is 1. The van der Waals surface area contributed by atoms with E-state index in [2.05, 4.69) is 4.98 Å². The van der Waals surface area contributed by atoms with Gasteiger partial charge in [0.15, 0.2) is 6.61 Å². The maximum Gasteiger partial charge on any atom is 0.348 e. The number of rotatable bonds is 6. The van der Waals surface area contributed by atoms with E-state index in [4.69, 9.17) is 9.47 Å². The highest BCUT2D eigenvalue weighted by molar-refractivity contribution is 7.20. The molecule has 0 bridgehead atoms. The van der Waals surface area contributed by atoms with Crippen molar-refractivity contribution in [1.29, 1.82) is 0 Å². The Balaban J connectivity index is 1.74. The van der Waals surface area contributed by atoms with Gasteiger partial charge < -0.3 is 14.5 Å². The topological polar surface area (TPSA) is 129 Å². The van der Waals surface area contributed by atoms with Crippen LogP contribution in [0.5, 0.6) is 0 Å². The summed E-state index contributed by atoms with van der Waals surface area (Å²) in [6.07, 6.45) is 0. The standard InChI is InChI=1S/C19H16N2O7S/c1-9-16(19(24)27-3)10(2)20-17(9)13(22)8-28-18(23)15-7-11-6-12(21(25)26)4-5-14(11)29-15/h4-7,20H,8H2,1-3H3. The first kappa shape index (κ1) is 20.2. The number of esters is 2. The van der Waals surface area contributed by atoms with Crippen molar-refractivity contribution in [3.8, 4) is 0 Å². The molecule has 150 valence electrons. The third-order valence-corrected chi connectivity index (χ3v) is 5.45. The number of benzene rings is 1. The highest BCUT2D eigenvalue weighted by Gasteiger charge is 2.23. The van der Waals surface area contributed by atoms with Crippen molar-refractivity contribution < 1.29 is 28.8 Å². The number of nitrogens with one attached hydrogen (secondary N) is 1. The van der Waals surface area contributed by atoms with Crippen LogP contribution in [0.4, 0.5) is 5.69 Å². The second-order valence-corrected chi connectivity index (χ2v) is 7.29. The minimum atomic E-state index is -0.712. The zero-order valence-corrected chi connectivity index (χ0v) is 16.5. The summed E-state index contributed by atoms with van der Waals surface area (Å²) < 4.78 is 10.5. The van der Waals surface area contributed by atoms with Gasteiger partial charge >= 0.3 is 11.9 Å². The number of ketones is 1. The van der Waals surface area contributed by atoms with Gasteiger partial charge in [0.25, 0.3) is 5.69 Å². The number of aromatic nitrogens is 1. The van der Waals surface area contributed by atoms with Crippen LogP contribution in [0.1, 0.15) is 41.8 Å². The molecule has 0 spiro atoms. The van der Waals surface area contributed by atoms with Gasteiger partial charge in [-0.15, -0.1) is 11.3 Å². The van der Waals surface area contributed by atoms with Crippen LogP contribution in [0.2, 0.25) is 0 Å². The fourth-order valence-electron chi connectivity index (χ4n) is 2.96. The maximum atomic E-state index is 12.4. The SMILES string of the molecule is COC(=O)c1c(C)[nH]c(C(=O)COC(=O)c2cc3cc([N+](=O)[O-])ccc3s2)c1C. The van der Waals surface area contributed by atoms with Gasteiger partial charge in [-0.3, -0.25) is 14.9 Å². The fraction of sp³-hybridized carbons (Fsp3) is 0.211. The molecule has 0 aliphatic rings. The number of nitro benzene ring substituents is 1. The number of methoxy groups -OCH3 is 1. The van der Waals surface area contributed by atoms with Crippen LogP contribution in [-0.4, -0.2) is 41.3 Å². The predicted octanol–water partition coefficient (Wildman–Crippen LogP) is 3.58. The molecule has 3 aromatic rings. The quantitative estimate of drug-likeness (QED) is 0.281. The predicted molar refractivity (Wildman–Crippen MR) is 105 cm³/mol. The smallest absolute Gasteiger partial charge is 0.348 e. The third-order valence-electron chi connectivity index (χ3n) is 4.35. The molecule has 29 heavy (non-hydrogen) atoms. The van der Waals surface area contributed by atoms with Gasteiger partial charge in [0.2, 0.25) is 5.78 Å². The number of H-pyrrole nitrogens is 1. The van der Waals surface area contributed by atoms with Crippen LogP contribution in [0, 0.1) is 24.0 Å². The van der Waals surface area contributed by atoms with Gasteiger partial charge in [0, 0.05) is 27.9 Å². The van der Waals surface area contributed by atoms with Crippen molar-refractivity contribution in [3.05, 3.63) is 61.8 Å². The summed E-state index contributed by atoms with van der Waals surface area (Å²) in [7, 11) is 1.25. The van der Waals surface area contributed by atoms with Crippen molar-refractivity contribution in [2.75, 3.05) is 13.7 Å². The number of aryl methyl sites for hydroxylation is 1. The molecule has 9 nitrogen and oxygen atoms in total. The molecule has 0 saturated heterocycles. The molecule has 0 aliphatic carbocycles. The summed E-state index contributed by atoms with van der Waals surface area (Å²) in [5, 5.41) is 11.4. The molecule has 0 aliphatic heterocycles. The summed E-state index contributed by atoms with van der Waals surface area (Å²) in [6.45, 7) is 2.72. The molecule has 0 saturated carbocycles. The summed E-state index contributed by atoms with van der Waals surface area (Å²) in [5.41, 5.74) is 1.26. The first-order valence-corrected chi connectivity index (χ1v) is 9.20. The number of carbonyl (C=O) groups is 3. The minimum absolute atomic E-state index is 0.0793. The second kappa shape index (κ2) is 7.84. The van der Waals surface area contributed by atoms with Crippen molar-refractivity contribution >= 4 is 44.8 Å². The number of hydrogen-bond acceptors (Lipinski definition) is 8. The molecule has 0 atom stereocenters. The van der Waals surface area contributed by atoms with Crippen LogP contribution in [0.25, 0.3) is 10.1 Å². The average molecular weight is 416 g/mol. The molecule has 1 aromatic carbocycles. The Kier molecular flexibility index (Phi) is 5.46. The lowest BCUT2D eigenvalue weighted by Gasteiger charge is -2.03. The van der Waals surface area contributed by atoms with Gasteiger partial charge in [-0.25, -0.2) is 9.59 Å². The lowest BCUT2D eigenvalue weighted by Crippen LogP contribution is -2.15. The lowest BCUT2D eigenvalue weighted by atomic mass is 10.1. The zero-order chi connectivity index (χ0) is 21.3. The van der Waals surface area contributed by atoms with Crippen molar-refractivity contribution in [2.45, 2.75) is 13.8 Å². The van der Waals surface area contributed by atoms with Crippen LogP contribution >= 0.6 is 11.3 Å². The van der Waals surface area contributed by atoms with Gasteiger partial charge in [0.05, 0.1) is 23.3 Å². The lowest BCUT2D eigenvalue weighted by molar-refractivity contribution is -0.384. The Hall–Kier alpha value is -3.53. The van der Waals surface area contributed by atoms with Crippen LogP contribution in [-0.2, 0) is 9.47 Å². The van der Waals surface area contributed by atoms with E-state index in [0.717, 1.165) is 11.3 Å². The summed E-state index contributed by atoms with van der Waals surface area (Å²) in [4.78, 5) is 49.9. The van der Waals surface area contributed by atoms with E-state index in [9.17, 15) is 24.5 Å². The molecule has 0 radical (unpaired) electrons. The van der Waals surface area contributed by atoms with Crippen molar-refractivity contribution in [3.63, 3.8) is 0 Å². The number of carbonyl (C=O) groups excluding carboxylic acids is 3. The highest BCUT2D eigenvalue weighted by atomic mass is 32.1. The number of hydrogen-bond donors (Lipinski definition) is 1. The zero-order valence-electron chi connectivity index (χ0n) is 15.7. The number of nitro groups is 1. The summed E-state index contributed by atoms with van der Waals surface area (Å²) in [5.74, 6) is -1.77. The van der Waals surface area contributed by atoms with Crippen molar-refractivity contribution in [1.82, 2.24) is 4.98 Å². The monoisotopic (exact) mass is 416 g/mol. The Morgan fingerprint density at radius 3 is 2.55 bits per heavy atom. The van der Waals surface area contributed by atoms with Crippen LogP contribution in [0.3, 0.4) is 0 Å². The van der Waals surface area contributed by atoms with E-state index in [1.54, 1.807) is 19.9 Å². The molecule has 1 N–H and O–H groups in total. The first-order chi connectivity index (χ1) is 13.7. The van der Waals surface area contributed by atoms with E-state index in [-0.39, 0.29) is 21.8 Å². The molecule has 2 heterocycles. The number of non-ortho nitro benzene ring substituents is 1. The Labute approximate surface area is 168 Å².